The van der Waals surface area contributed by atoms with Gasteiger partial charge in [-0.1, -0.05) is 0 Å². The van der Waals surface area contributed by atoms with Crippen molar-refractivity contribution in [3.05, 3.63) is 0 Å². The lowest BCUT2D eigenvalue weighted by molar-refractivity contribution is -0.181. The average Bonchev–Trinajstić information content (AvgIpc) is 2.91. The Balaban J connectivity index is 2.02. The van der Waals surface area contributed by atoms with E-state index in [2.05, 4.69) is 4.90 Å². The Bertz CT molecular complexity index is 344. The lowest BCUT2D eigenvalue weighted by atomic mass is 9.96. The van der Waals surface area contributed by atoms with E-state index < -0.39 is 17.7 Å². The Morgan fingerprint density at radius 2 is 2.11 bits per heavy atom. The van der Waals surface area contributed by atoms with Crippen LogP contribution in [0.2, 0.25) is 0 Å². The molecular weight excluding hydrogens is 250 g/mol. The Morgan fingerprint density at radius 1 is 1.47 bits per heavy atom. The number of ether oxygens (including phenoxy) is 1. The molecule has 110 valence electrons. The molecule has 1 unspecified atom stereocenters. The minimum Gasteiger partial charge on any atom is -0.458 e. The van der Waals surface area contributed by atoms with E-state index in [1.165, 1.54) is 13.8 Å². The van der Waals surface area contributed by atoms with Crippen LogP contribution in [0.15, 0.2) is 0 Å². The Kier molecular flexibility index (Phi) is 4.15. The van der Waals surface area contributed by atoms with Crippen molar-refractivity contribution in [2.75, 3.05) is 19.7 Å². The molecule has 2 fully saturated rings. The molecule has 2 heterocycles. The number of hydrogen-bond acceptors (Lipinski definition) is 6. The SMILES string of the molecule is C[C@H](O)[C@](C)(O)C(=O)O[C@@H]1CCN2CC[C@H](CO)C12. The molecule has 2 aliphatic heterocycles. The number of esters is 1. The van der Waals surface area contributed by atoms with Crippen LogP contribution in [-0.4, -0.2) is 69.7 Å². The zero-order chi connectivity index (χ0) is 14.2. The molecule has 0 spiro atoms. The van der Waals surface area contributed by atoms with Gasteiger partial charge in [0.05, 0.1) is 12.1 Å². The molecule has 2 rings (SSSR count). The highest BCUT2D eigenvalue weighted by atomic mass is 16.6. The second kappa shape index (κ2) is 5.36. The quantitative estimate of drug-likeness (QED) is 0.576. The van der Waals surface area contributed by atoms with E-state index in [0.29, 0.717) is 6.42 Å². The van der Waals surface area contributed by atoms with Gasteiger partial charge in [-0.25, -0.2) is 4.79 Å². The molecule has 0 aromatic carbocycles. The fraction of sp³-hybridized carbons (Fsp3) is 0.923. The van der Waals surface area contributed by atoms with Crippen molar-refractivity contribution >= 4 is 5.97 Å². The van der Waals surface area contributed by atoms with Crippen molar-refractivity contribution in [1.82, 2.24) is 4.90 Å². The van der Waals surface area contributed by atoms with Crippen LogP contribution in [0.5, 0.6) is 0 Å². The largest absolute Gasteiger partial charge is 0.458 e. The van der Waals surface area contributed by atoms with Crippen molar-refractivity contribution in [2.45, 2.75) is 50.5 Å². The summed E-state index contributed by atoms with van der Waals surface area (Å²) in [5.41, 5.74) is -1.89. The van der Waals surface area contributed by atoms with Gasteiger partial charge in [0.15, 0.2) is 5.60 Å². The van der Waals surface area contributed by atoms with Crippen LogP contribution in [0.25, 0.3) is 0 Å². The van der Waals surface area contributed by atoms with Crippen LogP contribution in [0, 0.1) is 5.92 Å². The molecule has 0 aliphatic carbocycles. The van der Waals surface area contributed by atoms with E-state index in [1.54, 1.807) is 0 Å². The molecule has 3 N–H and O–H groups in total. The van der Waals surface area contributed by atoms with Gasteiger partial charge >= 0.3 is 5.97 Å². The monoisotopic (exact) mass is 273 g/mol. The maximum atomic E-state index is 11.9. The zero-order valence-electron chi connectivity index (χ0n) is 11.5. The number of aliphatic hydroxyl groups is 3. The Hall–Kier alpha value is -0.690. The summed E-state index contributed by atoms with van der Waals surface area (Å²) in [6.45, 7) is 4.45. The van der Waals surface area contributed by atoms with Crippen LogP contribution in [0.1, 0.15) is 26.7 Å². The summed E-state index contributed by atoms with van der Waals surface area (Å²) in [4.78, 5) is 14.2. The van der Waals surface area contributed by atoms with E-state index in [4.69, 9.17) is 4.74 Å². The molecule has 5 atom stereocenters. The van der Waals surface area contributed by atoms with Crippen LogP contribution in [-0.2, 0) is 9.53 Å². The van der Waals surface area contributed by atoms with Crippen LogP contribution < -0.4 is 0 Å². The predicted octanol–water partition coefficient (Wildman–Crippen LogP) is -0.883. The first-order valence-corrected chi connectivity index (χ1v) is 6.84. The van der Waals surface area contributed by atoms with Gasteiger partial charge in [0.2, 0.25) is 0 Å². The topological polar surface area (TPSA) is 90.2 Å². The molecule has 2 saturated heterocycles. The van der Waals surface area contributed by atoms with Gasteiger partial charge in [-0.15, -0.1) is 0 Å². The summed E-state index contributed by atoms with van der Waals surface area (Å²) in [6, 6.07) is 0.0405. The summed E-state index contributed by atoms with van der Waals surface area (Å²) in [5, 5.41) is 28.7. The predicted molar refractivity (Wildman–Crippen MR) is 67.4 cm³/mol. The van der Waals surface area contributed by atoms with Crippen LogP contribution in [0.4, 0.5) is 0 Å². The van der Waals surface area contributed by atoms with Gasteiger partial charge in [-0.05, 0) is 33.2 Å². The third-order valence-electron chi connectivity index (χ3n) is 4.49. The molecule has 0 amide bonds. The van der Waals surface area contributed by atoms with Gasteiger partial charge in [-0.3, -0.25) is 4.90 Å². The number of rotatable bonds is 4. The third-order valence-corrected chi connectivity index (χ3v) is 4.49. The summed E-state index contributed by atoms with van der Waals surface area (Å²) >= 11 is 0. The first-order valence-electron chi connectivity index (χ1n) is 6.84. The summed E-state index contributed by atoms with van der Waals surface area (Å²) in [5.74, 6) is -0.672. The van der Waals surface area contributed by atoms with E-state index in [0.717, 1.165) is 19.5 Å². The minimum atomic E-state index is -1.89. The number of carbonyl (C=O) groups is 1. The summed E-state index contributed by atoms with van der Waals surface area (Å²) in [6.07, 6.45) is 0.122. The fourth-order valence-electron chi connectivity index (χ4n) is 2.97. The molecule has 0 aromatic heterocycles. The zero-order valence-corrected chi connectivity index (χ0v) is 11.5. The molecule has 2 aliphatic rings. The lowest BCUT2D eigenvalue weighted by Gasteiger charge is -2.29. The van der Waals surface area contributed by atoms with E-state index in [1.807, 2.05) is 0 Å². The maximum absolute atomic E-state index is 11.9. The van der Waals surface area contributed by atoms with Gasteiger partial charge in [-0.2, -0.15) is 0 Å². The van der Waals surface area contributed by atoms with Crippen LogP contribution in [0.3, 0.4) is 0 Å². The fourth-order valence-corrected chi connectivity index (χ4v) is 2.97. The molecule has 6 nitrogen and oxygen atoms in total. The standard InChI is InChI=1S/C13H23NO5/c1-8(16)13(2,18)12(17)19-10-4-6-14-5-3-9(7-15)11(10)14/h8-11,15-16,18H,3-7H2,1-2H3/t8-,9+,10+,11?,13-/m0/s1. The van der Waals surface area contributed by atoms with Crippen molar-refractivity contribution in [1.29, 1.82) is 0 Å². The highest BCUT2D eigenvalue weighted by Gasteiger charge is 2.47. The summed E-state index contributed by atoms with van der Waals surface area (Å²) < 4.78 is 5.38. The van der Waals surface area contributed by atoms with Crippen molar-refractivity contribution in [3.8, 4) is 0 Å². The number of aliphatic hydroxyl groups excluding tert-OH is 2. The molecule has 0 aromatic rings. The molecule has 0 bridgehead atoms. The molecule has 0 radical (unpaired) electrons. The first kappa shape index (κ1) is 14.7. The van der Waals surface area contributed by atoms with Crippen molar-refractivity contribution in [3.63, 3.8) is 0 Å². The maximum Gasteiger partial charge on any atom is 0.340 e. The minimum absolute atomic E-state index is 0.0405. The van der Waals surface area contributed by atoms with Crippen molar-refractivity contribution in [2.24, 2.45) is 5.92 Å². The number of carbonyl (C=O) groups excluding carboxylic acids is 1. The smallest absolute Gasteiger partial charge is 0.340 e. The van der Waals surface area contributed by atoms with Gasteiger partial charge in [0.1, 0.15) is 6.10 Å². The molecule has 0 saturated carbocycles. The van der Waals surface area contributed by atoms with E-state index in [-0.39, 0.29) is 24.7 Å². The molecular formula is C13H23NO5. The first-order chi connectivity index (χ1) is 8.87. The highest BCUT2D eigenvalue weighted by Crippen LogP contribution is 2.35. The van der Waals surface area contributed by atoms with Crippen molar-refractivity contribution < 1.29 is 24.9 Å². The molecule has 19 heavy (non-hydrogen) atoms. The normalized spacial score (nSPS) is 35.7. The van der Waals surface area contributed by atoms with E-state index in [9.17, 15) is 20.1 Å². The molecule has 6 heteroatoms. The summed E-state index contributed by atoms with van der Waals surface area (Å²) in [7, 11) is 0. The number of hydrogen-bond donors (Lipinski definition) is 3. The number of fused-ring (bicyclic) bond motifs is 1. The lowest BCUT2D eigenvalue weighted by Crippen LogP contribution is -2.49. The van der Waals surface area contributed by atoms with E-state index >= 15 is 0 Å². The second-order valence-corrected chi connectivity index (χ2v) is 5.81. The average molecular weight is 273 g/mol. The second-order valence-electron chi connectivity index (χ2n) is 5.81. The van der Waals surface area contributed by atoms with Gasteiger partial charge < -0.3 is 20.1 Å². The third kappa shape index (κ3) is 2.63. The number of nitrogens with zero attached hydrogens (tertiary/aromatic N) is 1. The van der Waals surface area contributed by atoms with Crippen LogP contribution >= 0.6 is 0 Å². The van der Waals surface area contributed by atoms with Gasteiger partial charge in [0.25, 0.3) is 0 Å². The Labute approximate surface area is 113 Å². The Morgan fingerprint density at radius 3 is 2.68 bits per heavy atom. The van der Waals surface area contributed by atoms with Gasteiger partial charge in [0, 0.05) is 19.1 Å². The highest BCUT2D eigenvalue weighted by molar-refractivity contribution is 5.79.